The second kappa shape index (κ2) is 6.61. The summed E-state index contributed by atoms with van der Waals surface area (Å²) in [4.78, 5) is 11.4. The molecule has 0 bridgehead atoms. The van der Waals surface area contributed by atoms with E-state index in [1.165, 1.54) is 29.6 Å². The molecule has 9 heteroatoms. The minimum Gasteiger partial charge on any atom is -0.496 e. The summed E-state index contributed by atoms with van der Waals surface area (Å²) < 4.78 is 31.2. The molecule has 1 saturated heterocycles. The third-order valence-corrected chi connectivity index (χ3v) is 5.12. The van der Waals surface area contributed by atoms with E-state index in [0.717, 1.165) is 0 Å². The summed E-state index contributed by atoms with van der Waals surface area (Å²) in [7, 11) is -2.28. The van der Waals surface area contributed by atoms with Crippen molar-refractivity contribution in [3.05, 3.63) is 23.8 Å². The number of ether oxygens (including phenoxy) is 1. The molecule has 1 aliphatic heterocycles. The second-order valence-corrected chi connectivity index (χ2v) is 6.58. The summed E-state index contributed by atoms with van der Waals surface area (Å²) in [5, 5.41) is 0. The number of primary amides is 1. The van der Waals surface area contributed by atoms with E-state index in [4.69, 9.17) is 16.2 Å². The zero-order valence-corrected chi connectivity index (χ0v) is 13.1. The van der Waals surface area contributed by atoms with Crippen molar-refractivity contribution in [3.8, 4) is 5.75 Å². The van der Waals surface area contributed by atoms with Crippen molar-refractivity contribution in [2.75, 3.05) is 20.2 Å². The van der Waals surface area contributed by atoms with Gasteiger partial charge in [0.15, 0.2) is 0 Å². The first-order chi connectivity index (χ1) is 9.36. The molecule has 1 fully saturated rings. The van der Waals surface area contributed by atoms with Crippen LogP contribution < -0.4 is 16.2 Å². The highest BCUT2D eigenvalue weighted by Crippen LogP contribution is 2.26. The lowest BCUT2D eigenvalue weighted by molar-refractivity contribution is 0.0997. The summed E-state index contributed by atoms with van der Waals surface area (Å²) in [5.74, 6) is -0.494. The molecule has 0 aliphatic carbocycles. The highest BCUT2D eigenvalue weighted by Gasteiger charge is 2.31. The zero-order chi connectivity index (χ0) is 14.9. The Labute approximate surface area is 129 Å². The average Bonchev–Trinajstić information content (AvgIpc) is 2.85. The Morgan fingerprint density at radius 1 is 1.43 bits per heavy atom. The van der Waals surface area contributed by atoms with Crippen LogP contribution in [0.5, 0.6) is 5.75 Å². The molecule has 1 aromatic rings. The molecular weight excluding hydrogens is 318 g/mol. The fourth-order valence-corrected chi connectivity index (χ4v) is 3.70. The maximum absolute atomic E-state index is 12.4. The van der Waals surface area contributed by atoms with Crippen molar-refractivity contribution in [1.29, 1.82) is 0 Å². The van der Waals surface area contributed by atoms with E-state index >= 15 is 0 Å². The van der Waals surface area contributed by atoms with Gasteiger partial charge in [-0.2, -0.15) is 4.31 Å². The minimum absolute atomic E-state index is 0. The van der Waals surface area contributed by atoms with Gasteiger partial charge in [-0.1, -0.05) is 0 Å². The van der Waals surface area contributed by atoms with Gasteiger partial charge in [0, 0.05) is 19.1 Å². The highest BCUT2D eigenvalue weighted by atomic mass is 35.5. The fraction of sp³-hybridized carbons (Fsp3) is 0.417. The minimum atomic E-state index is -3.66. The molecule has 1 aromatic carbocycles. The van der Waals surface area contributed by atoms with Crippen LogP contribution in [0.15, 0.2) is 23.1 Å². The molecule has 21 heavy (non-hydrogen) atoms. The number of sulfonamides is 1. The van der Waals surface area contributed by atoms with E-state index in [0.29, 0.717) is 13.0 Å². The van der Waals surface area contributed by atoms with Gasteiger partial charge in [-0.15, -0.1) is 12.4 Å². The van der Waals surface area contributed by atoms with Crippen LogP contribution >= 0.6 is 12.4 Å². The number of halogens is 1. The van der Waals surface area contributed by atoms with Gasteiger partial charge in [-0.05, 0) is 24.6 Å². The van der Waals surface area contributed by atoms with Crippen LogP contribution in [0.4, 0.5) is 0 Å². The number of nitrogens with zero attached hydrogens (tertiary/aromatic N) is 1. The molecular formula is C12H18ClN3O4S. The summed E-state index contributed by atoms with van der Waals surface area (Å²) in [6, 6.07) is 3.90. The Bertz CT molecular complexity index is 635. The SMILES string of the molecule is COc1ccc(S(=O)(=O)N2CC[C@H](N)C2)cc1C(N)=O.Cl. The van der Waals surface area contributed by atoms with Gasteiger partial charge < -0.3 is 16.2 Å². The van der Waals surface area contributed by atoms with Crippen LogP contribution in [0.3, 0.4) is 0 Å². The van der Waals surface area contributed by atoms with Gasteiger partial charge in [-0.3, -0.25) is 4.79 Å². The zero-order valence-electron chi connectivity index (χ0n) is 11.5. The van der Waals surface area contributed by atoms with Crippen LogP contribution in [0.1, 0.15) is 16.8 Å². The summed E-state index contributed by atoms with van der Waals surface area (Å²) in [6.07, 6.45) is 0.623. The van der Waals surface area contributed by atoms with E-state index in [9.17, 15) is 13.2 Å². The normalized spacial score (nSPS) is 19.0. The summed E-state index contributed by atoms with van der Waals surface area (Å²) in [5.41, 5.74) is 11.0. The van der Waals surface area contributed by atoms with Crippen LogP contribution in [0.2, 0.25) is 0 Å². The molecule has 0 aromatic heterocycles. The van der Waals surface area contributed by atoms with Gasteiger partial charge in [-0.25, -0.2) is 8.42 Å². The molecule has 1 heterocycles. The third kappa shape index (κ3) is 3.46. The topological polar surface area (TPSA) is 116 Å². The number of hydrogen-bond acceptors (Lipinski definition) is 5. The Morgan fingerprint density at radius 2 is 2.10 bits per heavy atom. The molecule has 1 aliphatic rings. The first-order valence-electron chi connectivity index (χ1n) is 6.10. The van der Waals surface area contributed by atoms with Crippen molar-refractivity contribution < 1.29 is 17.9 Å². The van der Waals surface area contributed by atoms with Gasteiger partial charge in [0.25, 0.3) is 5.91 Å². The molecule has 4 N–H and O–H groups in total. The number of carbonyl (C=O) groups is 1. The molecule has 1 amide bonds. The van der Waals surface area contributed by atoms with Crippen molar-refractivity contribution >= 4 is 28.3 Å². The fourth-order valence-electron chi connectivity index (χ4n) is 2.16. The molecule has 0 unspecified atom stereocenters. The number of nitrogens with two attached hydrogens (primary N) is 2. The van der Waals surface area contributed by atoms with E-state index < -0.39 is 15.9 Å². The molecule has 118 valence electrons. The number of benzene rings is 1. The molecule has 0 saturated carbocycles. The van der Waals surface area contributed by atoms with Crippen molar-refractivity contribution in [3.63, 3.8) is 0 Å². The Hall–Kier alpha value is -1.35. The number of carbonyl (C=O) groups excluding carboxylic acids is 1. The van der Waals surface area contributed by atoms with E-state index in [2.05, 4.69) is 0 Å². The second-order valence-electron chi connectivity index (χ2n) is 4.64. The molecule has 2 rings (SSSR count). The maximum Gasteiger partial charge on any atom is 0.252 e. The van der Waals surface area contributed by atoms with Crippen molar-refractivity contribution in [2.24, 2.45) is 11.5 Å². The lowest BCUT2D eigenvalue weighted by Gasteiger charge is -2.17. The highest BCUT2D eigenvalue weighted by molar-refractivity contribution is 7.89. The average molecular weight is 336 g/mol. The Balaban J connectivity index is 0.00000220. The van der Waals surface area contributed by atoms with E-state index in [-0.39, 0.29) is 41.2 Å². The van der Waals surface area contributed by atoms with E-state index in [1.54, 1.807) is 0 Å². The quantitative estimate of drug-likeness (QED) is 0.799. The third-order valence-electron chi connectivity index (χ3n) is 3.26. The first kappa shape index (κ1) is 17.7. The molecule has 7 nitrogen and oxygen atoms in total. The first-order valence-corrected chi connectivity index (χ1v) is 7.54. The summed E-state index contributed by atoms with van der Waals surface area (Å²) in [6.45, 7) is 0.654. The number of hydrogen-bond donors (Lipinski definition) is 2. The number of amides is 1. The standard InChI is InChI=1S/C12H17N3O4S.ClH/c1-19-11-3-2-9(6-10(11)12(14)16)20(17,18)15-5-4-8(13)7-15;/h2-3,6,8H,4-5,7,13H2,1H3,(H2,14,16);1H/t8-;/m0./s1. The Kier molecular flexibility index (Phi) is 5.57. The van der Waals surface area contributed by atoms with Crippen LogP contribution in [-0.2, 0) is 10.0 Å². The molecule has 0 radical (unpaired) electrons. The van der Waals surface area contributed by atoms with Crippen LogP contribution in [0, 0.1) is 0 Å². The number of methoxy groups -OCH3 is 1. The molecule has 1 atom stereocenters. The van der Waals surface area contributed by atoms with Gasteiger partial charge in [0.1, 0.15) is 5.75 Å². The van der Waals surface area contributed by atoms with E-state index in [1.807, 2.05) is 0 Å². The van der Waals surface area contributed by atoms with Crippen LogP contribution in [-0.4, -0.2) is 44.9 Å². The maximum atomic E-state index is 12.4. The predicted octanol–water partition coefficient (Wildman–Crippen LogP) is -0.0624. The predicted molar refractivity (Wildman–Crippen MR) is 80.1 cm³/mol. The van der Waals surface area contributed by atoms with Crippen molar-refractivity contribution in [2.45, 2.75) is 17.4 Å². The lowest BCUT2D eigenvalue weighted by atomic mass is 10.2. The smallest absolute Gasteiger partial charge is 0.252 e. The largest absolute Gasteiger partial charge is 0.496 e. The monoisotopic (exact) mass is 335 g/mol. The van der Waals surface area contributed by atoms with Gasteiger partial charge >= 0.3 is 0 Å². The van der Waals surface area contributed by atoms with Crippen molar-refractivity contribution in [1.82, 2.24) is 4.31 Å². The Morgan fingerprint density at radius 3 is 2.57 bits per heavy atom. The summed E-state index contributed by atoms with van der Waals surface area (Å²) >= 11 is 0. The number of rotatable bonds is 4. The van der Waals surface area contributed by atoms with Crippen LogP contribution in [0.25, 0.3) is 0 Å². The lowest BCUT2D eigenvalue weighted by Crippen LogP contribution is -2.32. The molecule has 0 spiro atoms. The van der Waals surface area contributed by atoms with Gasteiger partial charge in [0.2, 0.25) is 10.0 Å². The van der Waals surface area contributed by atoms with Gasteiger partial charge in [0.05, 0.1) is 17.6 Å².